The number of aryl methyl sites for hydroxylation is 2. The third-order valence-corrected chi connectivity index (χ3v) is 8.22. The number of hydrogen-bond donors (Lipinski definition) is 2. The zero-order chi connectivity index (χ0) is 24.8. The van der Waals surface area contributed by atoms with Gasteiger partial charge in [0, 0.05) is 39.1 Å². The van der Waals surface area contributed by atoms with Gasteiger partial charge >= 0.3 is 0 Å². The molecule has 8 heteroatoms. The van der Waals surface area contributed by atoms with Gasteiger partial charge in [0.1, 0.15) is 0 Å². The van der Waals surface area contributed by atoms with Crippen molar-refractivity contribution in [1.29, 1.82) is 0 Å². The topological polar surface area (TPSA) is 87.7 Å². The number of nitrogens with zero attached hydrogens (tertiary/aromatic N) is 1. The molecule has 1 saturated heterocycles. The lowest BCUT2D eigenvalue weighted by Gasteiger charge is -2.35. The summed E-state index contributed by atoms with van der Waals surface area (Å²) in [7, 11) is -3.63. The van der Waals surface area contributed by atoms with Crippen LogP contribution in [0.1, 0.15) is 55.4 Å². The molecule has 0 saturated carbocycles. The van der Waals surface area contributed by atoms with Gasteiger partial charge in [-0.25, -0.2) is 13.1 Å². The Kier molecular flexibility index (Phi) is 8.59. The van der Waals surface area contributed by atoms with Crippen molar-refractivity contribution in [3.63, 3.8) is 0 Å². The van der Waals surface area contributed by atoms with Crippen LogP contribution in [0.15, 0.2) is 47.4 Å². The number of ether oxygens (including phenoxy) is 1. The number of nitrogens with one attached hydrogen (secondary N) is 2. The molecule has 0 radical (unpaired) electrons. The summed E-state index contributed by atoms with van der Waals surface area (Å²) in [6.07, 6.45) is 4.68. The summed E-state index contributed by atoms with van der Waals surface area (Å²) in [5.74, 6) is -0.179. The first kappa shape index (κ1) is 25.8. The third kappa shape index (κ3) is 7.13. The van der Waals surface area contributed by atoms with E-state index in [1.807, 2.05) is 24.3 Å². The van der Waals surface area contributed by atoms with Crippen molar-refractivity contribution in [3.05, 3.63) is 64.7 Å². The molecule has 1 aliphatic carbocycles. The van der Waals surface area contributed by atoms with Gasteiger partial charge in [0.25, 0.3) is 0 Å². The summed E-state index contributed by atoms with van der Waals surface area (Å²) < 4.78 is 33.8. The summed E-state index contributed by atoms with van der Waals surface area (Å²) >= 11 is 0. The second-order valence-corrected chi connectivity index (χ2v) is 11.5. The van der Waals surface area contributed by atoms with Crippen LogP contribution in [0.4, 0.5) is 0 Å². The lowest BCUT2D eigenvalue weighted by molar-refractivity contribution is -0.121. The number of benzene rings is 2. The van der Waals surface area contributed by atoms with Gasteiger partial charge < -0.3 is 10.1 Å². The molecule has 0 aromatic heterocycles. The van der Waals surface area contributed by atoms with Crippen molar-refractivity contribution < 1.29 is 17.9 Å². The van der Waals surface area contributed by atoms with E-state index in [1.165, 1.54) is 11.1 Å². The first-order valence-corrected chi connectivity index (χ1v) is 14.1. The predicted octanol–water partition coefficient (Wildman–Crippen LogP) is 3.16. The van der Waals surface area contributed by atoms with Gasteiger partial charge in [0.15, 0.2) is 0 Å². The summed E-state index contributed by atoms with van der Waals surface area (Å²) in [6, 6.07) is 13.5. The van der Waals surface area contributed by atoms with E-state index in [0.717, 1.165) is 56.4 Å². The number of carbonyl (C=O) groups is 1. The van der Waals surface area contributed by atoms with E-state index in [9.17, 15) is 13.2 Å². The number of morpholine rings is 1. The average Bonchev–Trinajstić information content (AvgIpc) is 2.82. The van der Waals surface area contributed by atoms with Crippen molar-refractivity contribution >= 4 is 15.9 Å². The lowest BCUT2D eigenvalue weighted by Crippen LogP contribution is -2.45. The molecule has 35 heavy (non-hydrogen) atoms. The molecule has 1 amide bonds. The number of rotatable bonds is 9. The normalized spacial score (nSPS) is 20.9. The van der Waals surface area contributed by atoms with Crippen molar-refractivity contribution in [2.24, 2.45) is 0 Å². The van der Waals surface area contributed by atoms with Gasteiger partial charge in [0.05, 0.1) is 17.1 Å². The maximum atomic E-state index is 12.7. The molecule has 2 aromatic carbocycles. The van der Waals surface area contributed by atoms with Crippen molar-refractivity contribution in [2.75, 3.05) is 19.6 Å². The number of amides is 1. The first-order chi connectivity index (χ1) is 16.8. The van der Waals surface area contributed by atoms with Crippen LogP contribution in [-0.2, 0) is 45.5 Å². The van der Waals surface area contributed by atoms with E-state index in [2.05, 4.69) is 34.9 Å². The lowest BCUT2D eigenvalue weighted by atomic mass is 9.92. The molecule has 1 heterocycles. The molecule has 2 atom stereocenters. The quantitative estimate of drug-likeness (QED) is 0.553. The minimum absolute atomic E-state index is 0.0659. The van der Waals surface area contributed by atoms with Crippen molar-refractivity contribution in [3.8, 4) is 0 Å². The number of carbonyl (C=O) groups excluding carboxylic acids is 1. The van der Waals surface area contributed by atoms with E-state index in [0.29, 0.717) is 6.54 Å². The van der Waals surface area contributed by atoms with E-state index >= 15 is 0 Å². The minimum Gasteiger partial charge on any atom is -0.373 e. The fourth-order valence-corrected chi connectivity index (χ4v) is 6.16. The maximum Gasteiger partial charge on any atom is 0.240 e. The Bertz CT molecular complexity index is 1120. The monoisotopic (exact) mass is 499 g/mol. The third-order valence-electron chi connectivity index (χ3n) is 6.76. The van der Waals surface area contributed by atoms with Crippen molar-refractivity contribution in [1.82, 2.24) is 14.9 Å². The molecular formula is C27H37N3O4S. The molecule has 190 valence electrons. The molecular weight excluding hydrogens is 462 g/mol. The second-order valence-electron chi connectivity index (χ2n) is 9.78. The predicted molar refractivity (Wildman–Crippen MR) is 136 cm³/mol. The number of fused-ring (bicyclic) bond motifs is 1. The van der Waals surface area contributed by atoms with Crippen LogP contribution >= 0.6 is 0 Å². The zero-order valence-corrected chi connectivity index (χ0v) is 21.6. The average molecular weight is 500 g/mol. The fraction of sp³-hybridized carbons (Fsp3) is 0.519. The Morgan fingerprint density at radius 1 is 1.00 bits per heavy atom. The highest BCUT2D eigenvalue weighted by Crippen LogP contribution is 2.24. The molecule has 2 aliphatic rings. The Hall–Kier alpha value is -2.26. The summed E-state index contributed by atoms with van der Waals surface area (Å²) in [5, 5.41) is 2.94. The van der Waals surface area contributed by atoms with Crippen LogP contribution in [0, 0.1) is 0 Å². The number of hydrogen-bond acceptors (Lipinski definition) is 5. The highest BCUT2D eigenvalue weighted by molar-refractivity contribution is 7.89. The Morgan fingerprint density at radius 2 is 1.69 bits per heavy atom. The van der Waals surface area contributed by atoms with Crippen LogP contribution < -0.4 is 10.0 Å². The molecule has 4 rings (SSSR count). The molecule has 7 nitrogen and oxygen atoms in total. The van der Waals surface area contributed by atoms with Crippen LogP contribution in [0.25, 0.3) is 0 Å². The van der Waals surface area contributed by atoms with Crippen LogP contribution in [0.2, 0.25) is 0 Å². The molecule has 1 fully saturated rings. The summed E-state index contributed by atoms with van der Waals surface area (Å²) in [5.41, 5.74) is 4.62. The van der Waals surface area contributed by atoms with E-state index in [1.54, 1.807) is 12.1 Å². The molecule has 0 spiro atoms. The Balaban J connectivity index is 1.26. The SMILES string of the molecule is CC1CN(Cc2ccccc2CNC(=O)CCNS(=O)(=O)c2ccc3c(c2)CCCC3)CC(C)O1. The first-order valence-electron chi connectivity index (χ1n) is 12.6. The highest BCUT2D eigenvalue weighted by atomic mass is 32.2. The van der Waals surface area contributed by atoms with Crippen LogP contribution in [0.5, 0.6) is 0 Å². The Morgan fingerprint density at radius 3 is 2.43 bits per heavy atom. The summed E-state index contributed by atoms with van der Waals surface area (Å²) in [6.45, 7) is 7.25. The second kappa shape index (κ2) is 11.6. The van der Waals surface area contributed by atoms with Crippen LogP contribution in [0.3, 0.4) is 0 Å². The van der Waals surface area contributed by atoms with E-state index < -0.39 is 10.0 Å². The fourth-order valence-electron chi connectivity index (χ4n) is 5.08. The van der Waals surface area contributed by atoms with Gasteiger partial charge in [-0.05, 0) is 73.9 Å². The number of sulfonamides is 1. The summed E-state index contributed by atoms with van der Waals surface area (Å²) in [4.78, 5) is 15.1. The van der Waals surface area contributed by atoms with E-state index in [4.69, 9.17) is 4.74 Å². The molecule has 0 bridgehead atoms. The molecule has 2 aromatic rings. The van der Waals surface area contributed by atoms with Gasteiger partial charge in [-0.1, -0.05) is 30.3 Å². The zero-order valence-electron chi connectivity index (χ0n) is 20.8. The highest BCUT2D eigenvalue weighted by Gasteiger charge is 2.23. The standard InChI is InChI=1S/C27H37N3O4S/c1-20-17-30(18-21(2)34-20)19-25-10-6-5-9-24(25)16-28-27(31)13-14-29-35(32,33)26-12-11-22-7-3-4-8-23(22)15-26/h5-6,9-12,15,20-21,29H,3-4,7-8,13-14,16-19H2,1-2H3,(H,28,31). The van der Waals surface area contributed by atoms with Gasteiger partial charge in [0.2, 0.25) is 15.9 Å². The van der Waals surface area contributed by atoms with Crippen molar-refractivity contribution in [2.45, 2.75) is 76.1 Å². The molecule has 2 N–H and O–H groups in total. The van der Waals surface area contributed by atoms with Crippen LogP contribution in [-0.4, -0.2) is 51.1 Å². The van der Waals surface area contributed by atoms with E-state index in [-0.39, 0.29) is 36.0 Å². The van der Waals surface area contributed by atoms with Gasteiger partial charge in [-0.3, -0.25) is 9.69 Å². The minimum atomic E-state index is -3.63. The molecule has 1 aliphatic heterocycles. The van der Waals surface area contributed by atoms with Gasteiger partial charge in [-0.15, -0.1) is 0 Å². The smallest absolute Gasteiger partial charge is 0.240 e. The Labute approximate surface area is 209 Å². The maximum absolute atomic E-state index is 12.7. The van der Waals surface area contributed by atoms with Gasteiger partial charge in [-0.2, -0.15) is 0 Å². The molecule has 2 unspecified atom stereocenters. The largest absolute Gasteiger partial charge is 0.373 e.